The van der Waals surface area contributed by atoms with Crippen LogP contribution in [0, 0.1) is 5.92 Å². The summed E-state index contributed by atoms with van der Waals surface area (Å²) in [6.07, 6.45) is 0.822. The van der Waals surface area contributed by atoms with Gasteiger partial charge >= 0.3 is 0 Å². The molecule has 96 valence electrons. The topological polar surface area (TPSA) is 26.3 Å². The summed E-state index contributed by atoms with van der Waals surface area (Å²) in [4.78, 5) is 12.1. The first-order chi connectivity index (χ1) is 9.22. The molecule has 0 amide bonds. The van der Waals surface area contributed by atoms with Gasteiger partial charge in [-0.1, -0.05) is 43.3 Å². The number of carbonyl (C=O) groups is 1. The normalized spacial score (nSPS) is 17.4. The molecule has 1 aliphatic rings. The van der Waals surface area contributed by atoms with Crippen LogP contribution in [-0.2, 0) is 6.42 Å². The molecule has 2 nitrogen and oxygen atoms in total. The second-order valence-corrected chi connectivity index (χ2v) is 5.00. The molecule has 0 aromatic heterocycles. The Bertz CT molecular complexity index is 643. The van der Waals surface area contributed by atoms with Gasteiger partial charge in [-0.15, -0.1) is 0 Å². The number of benzene rings is 2. The van der Waals surface area contributed by atoms with Gasteiger partial charge in [0, 0.05) is 17.0 Å². The molecule has 19 heavy (non-hydrogen) atoms. The third kappa shape index (κ3) is 1.84. The molecule has 2 heteroatoms. The molecule has 1 aliphatic carbocycles. The lowest BCUT2D eigenvalue weighted by molar-refractivity contribution is 0.0946. The van der Waals surface area contributed by atoms with Crippen molar-refractivity contribution in [1.29, 1.82) is 0 Å². The van der Waals surface area contributed by atoms with E-state index in [1.807, 2.05) is 43.3 Å². The zero-order chi connectivity index (χ0) is 13.4. The first kappa shape index (κ1) is 12.0. The smallest absolute Gasteiger partial charge is 0.166 e. The minimum atomic E-state index is 0.0888. The number of para-hydroxylation sites is 1. The van der Waals surface area contributed by atoms with Crippen molar-refractivity contribution in [3.63, 3.8) is 0 Å². The summed E-state index contributed by atoms with van der Waals surface area (Å²) >= 11 is 0. The summed E-state index contributed by atoms with van der Waals surface area (Å²) in [5.74, 6) is 1.19. The molecule has 0 bridgehead atoms. The molecule has 0 saturated carbocycles. The number of Topliss-reactive ketones (excluding diaryl/α,β-unsaturated/α-hetero) is 1. The van der Waals surface area contributed by atoms with Gasteiger partial charge in [0.15, 0.2) is 5.78 Å². The first-order valence-corrected chi connectivity index (χ1v) is 6.52. The zero-order valence-electron chi connectivity index (χ0n) is 11.1. The summed E-state index contributed by atoms with van der Waals surface area (Å²) in [5, 5.41) is 0. The van der Waals surface area contributed by atoms with Gasteiger partial charge in [0.2, 0.25) is 0 Å². The van der Waals surface area contributed by atoms with E-state index < -0.39 is 0 Å². The van der Waals surface area contributed by atoms with Crippen molar-refractivity contribution in [1.82, 2.24) is 0 Å². The Morgan fingerprint density at radius 1 is 1.00 bits per heavy atom. The van der Waals surface area contributed by atoms with Crippen molar-refractivity contribution < 1.29 is 9.53 Å². The molecule has 1 atom stereocenters. The van der Waals surface area contributed by atoms with Crippen molar-refractivity contribution in [2.45, 2.75) is 13.3 Å². The molecule has 1 unspecified atom stereocenters. The lowest BCUT2D eigenvalue weighted by Gasteiger charge is -2.12. The van der Waals surface area contributed by atoms with E-state index in [4.69, 9.17) is 4.74 Å². The van der Waals surface area contributed by atoms with E-state index in [-0.39, 0.29) is 11.7 Å². The van der Waals surface area contributed by atoms with Crippen LogP contribution < -0.4 is 4.74 Å². The Morgan fingerprint density at radius 2 is 1.68 bits per heavy atom. The molecule has 0 spiro atoms. The number of rotatable bonds is 2. The van der Waals surface area contributed by atoms with Gasteiger partial charge in [-0.3, -0.25) is 4.79 Å². The first-order valence-electron chi connectivity index (χ1n) is 6.52. The number of methoxy groups -OCH3 is 1. The molecule has 0 fully saturated rings. The van der Waals surface area contributed by atoms with Crippen LogP contribution in [0.4, 0.5) is 0 Å². The highest BCUT2D eigenvalue weighted by Gasteiger charge is 2.29. The summed E-state index contributed by atoms with van der Waals surface area (Å²) in [7, 11) is 1.68. The third-order valence-corrected chi connectivity index (χ3v) is 3.80. The van der Waals surface area contributed by atoms with Crippen LogP contribution in [0.3, 0.4) is 0 Å². The van der Waals surface area contributed by atoms with Gasteiger partial charge < -0.3 is 4.74 Å². The predicted octanol–water partition coefficient (Wildman–Crippen LogP) is 3.74. The fourth-order valence-corrected chi connectivity index (χ4v) is 2.82. The van der Waals surface area contributed by atoms with Gasteiger partial charge in [-0.25, -0.2) is 0 Å². The second kappa shape index (κ2) is 4.54. The fraction of sp³-hybridized carbons (Fsp3) is 0.235. The Kier molecular flexibility index (Phi) is 2.86. The SMILES string of the molecule is COc1ccccc1-c1cccc2c1CC(C)C2=O. The van der Waals surface area contributed by atoms with Crippen LogP contribution in [0.25, 0.3) is 11.1 Å². The second-order valence-electron chi connectivity index (χ2n) is 5.00. The monoisotopic (exact) mass is 252 g/mol. The summed E-state index contributed by atoms with van der Waals surface area (Å²) in [6.45, 7) is 1.99. The van der Waals surface area contributed by atoms with E-state index in [2.05, 4.69) is 6.07 Å². The van der Waals surface area contributed by atoms with Crippen molar-refractivity contribution in [2.75, 3.05) is 7.11 Å². The zero-order valence-corrected chi connectivity index (χ0v) is 11.1. The van der Waals surface area contributed by atoms with Crippen molar-refractivity contribution in [2.24, 2.45) is 5.92 Å². The van der Waals surface area contributed by atoms with Crippen LogP contribution >= 0.6 is 0 Å². The number of carbonyl (C=O) groups excluding carboxylic acids is 1. The number of fused-ring (bicyclic) bond motifs is 1. The van der Waals surface area contributed by atoms with Crippen molar-refractivity contribution >= 4 is 5.78 Å². The number of hydrogen-bond donors (Lipinski definition) is 0. The van der Waals surface area contributed by atoms with Crippen LogP contribution in [0.2, 0.25) is 0 Å². The predicted molar refractivity (Wildman–Crippen MR) is 75.6 cm³/mol. The van der Waals surface area contributed by atoms with E-state index in [0.717, 1.165) is 34.4 Å². The Balaban J connectivity index is 2.21. The minimum absolute atomic E-state index is 0.0888. The lowest BCUT2D eigenvalue weighted by Crippen LogP contribution is -2.02. The minimum Gasteiger partial charge on any atom is -0.496 e. The van der Waals surface area contributed by atoms with E-state index in [0.29, 0.717) is 0 Å². The van der Waals surface area contributed by atoms with E-state index in [1.165, 1.54) is 0 Å². The lowest BCUT2D eigenvalue weighted by atomic mass is 9.96. The maximum Gasteiger partial charge on any atom is 0.166 e. The standard InChI is InChI=1S/C17H16O2/c1-11-10-15-12(7-5-8-14(15)17(11)18)13-6-3-4-9-16(13)19-2/h3-9,11H,10H2,1-2H3. The number of ether oxygens (including phenoxy) is 1. The Hall–Kier alpha value is -2.09. The van der Waals surface area contributed by atoms with Crippen LogP contribution in [0.1, 0.15) is 22.8 Å². The van der Waals surface area contributed by atoms with Gasteiger partial charge in [0.25, 0.3) is 0 Å². The highest BCUT2D eigenvalue weighted by Crippen LogP contribution is 2.38. The van der Waals surface area contributed by atoms with Gasteiger partial charge in [0.1, 0.15) is 5.75 Å². The molecule has 2 aromatic carbocycles. The van der Waals surface area contributed by atoms with E-state index in [1.54, 1.807) is 7.11 Å². The average molecular weight is 252 g/mol. The molecular formula is C17H16O2. The third-order valence-electron chi connectivity index (χ3n) is 3.80. The van der Waals surface area contributed by atoms with Crippen molar-refractivity contribution in [3.05, 3.63) is 53.6 Å². The number of ketones is 1. The van der Waals surface area contributed by atoms with Crippen molar-refractivity contribution in [3.8, 4) is 16.9 Å². The molecule has 3 rings (SSSR count). The van der Waals surface area contributed by atoms with Gasteiger partial charge in [-0.2, -0.15) is 0 Å². The number of hydrogen-bond acceptors (Lipinski definition) is 2. The molecular weight excluding hydrogens is 236 g/mol. The van der Waals surface area contributed by atoms with E-state index in [9.17, 15) is 4.79 Å². The summed E-state index contributed by atoms with van der Waals surface area (Å²) in [6, 6.07) is 13.9. The molecule has 0 heterocycles. The van der Waals surface area contributed by atoms with Crippen LogP contribution in [0.5, 0.6) is 5.75 Å². The maximum absolute atomic E-state index is 12.1. The quantitative estimate of drug-likeness (QED) is 0.814. The molecule has 0 aliphatic heterocycles. The average Bonchev–Trinajstić information content (AvgIpc) is 2.74. The van der Waals surface area contributed by atoms with Gasteiger partial charge in [0.05, 0.1) is 7.11 Å². The largest absolute Gasteiger partial charge is 0.496 e. The fourth-order valence-electron chi connectivity index (χ4n) is 2.82. The highest BCUT2D eigenvalue weighted by molar-refractivity contribution is 6.04. The molecule has 0 saturated heterocycles. The Morgan fingerprint density at radius 3 is 2.47 bits per heavy atom. The molecule has 2 aromatic rings. The highest BCUT2D eigenvalue weighted by atomic mass is 16.5. The summed E-state index contributed by atoms with van der Waals surface area (Å²) < 4.78 is 5.43. The Labute approximate surface area is 113 Å². The summed E-state index contributed by atoms with van der Waals surface area (Å²) in [5.41, 5.74) is 4.21. The van der Waals surface area contributed by atoms with Gasteiger partial charge in [-0.05, 0) is 23.6 Å². The van der Waals surface area contributed by atoms with Crippen LogP contribution in [0.15, 0.2) is 42.5 Å². The maximum atomic E-state index is 12.1. The van der Waals surface area contributed by atoms with Crippen LogP contribution in [-0.4, -0.2) is 12.9 Å². The molecule has 0 N–H and O–H groups in total. The van der Waals surface area contributed by atoms with E-state index >= 15 is 0 Å². The molecule has 0 radical (unpaired) electrons.